The number of hydrogen-bond donors (Lipinski definition) is 0. The van der Waals surface area contributed by atoms with Crippen LogP contribution in [0.25, 0.3) is 6.08 Å². The molecule has 130 valence electrons. The van der Waals surface area contributed by atoms with E-state index in [2.05, 4.69) is 0 Å². The summed E-state index contributed by atoms with van der Waals surface area (Å²) in [7, 11) is 3.37. The molecule has 2 aromatic carbocycles. The molecule has 0 saturated heterocycles. The fourth-order valence-corrected chi connectivity index (χ4v) is 2.59. The van der Waals surface area contributed by atoms with Crippen molar-refractivity contribution in [3.05, 3.63) is 60.2 Å². The van der Waals surface area contributed by atoms with Crippen molar-refractivity contribution < 1.29 is 19.0 Å². The first-order valence-corrected chi connectivity index (χ1v) is 8.11. The summed E-state index contributed by atoms with van der Waals surface area (Å²) in [6.07, 6.45) is 3.13. The third-order valence-corrected chi connectivity index (χ3v) is 3.93. The Morgan fingerprint density at radius 1 is 1.24 bits per heavy atom. The van der Waals surface area contributed by atoms with Gasteiger partial charge in [-0.15, -0.1) is 0 Å². The number of carbonyl (C=O) groups is 1. The maximum Gasteiger partial charge on any atom is 0.246 e. The van der Waals surface area contributed by atoms with Gasteiger partial charge < -0.3 is 19.1 Å². The Kier molecular flexibility index (Phi) is 5.23. The quantitative estimate of drug-likeness (QED) is 0.786. The predicted molar refractivity (Wildman–Crippen MR) is 96.0 cm³/mol. The zero-order valence-corrected chi connectivity index (χ0v) is 14.3. The van der Waals surface area contributed by atoms with Gasteiger partial charge in [0.25, 0.3) is 0 Å². The first-order valence-electron chi connectivity index (χ1n) is 8.11. The predicted octanol–water partition coefficient (Wildman–Crippen LogP) is 3.01. The van der Waals surface area contributed by atoms with E-state index in [4.69, 9.17) is 14.2 Å². The van der Waals surface area contributed by atoms with Gasteiger partial charge in [0.15, 0.2) is 17.6 Å². The first kappa shape index (κ1) is 16.9. The van der Waals surface area contributed by atoms with Gasteiger partial charge in [-0.3, -0.25) is 4.79 Å². The van der Waals surface area contributed by atoms with Crippen LogP contribution >= 0.6 is 0 Å². The van der Waals surface area contributed by atoms with Crippen LogP contribution in [0.5, 0.6) is 17.2 Å². The Labute approximate surface area is 147 Å². The number of carbonyl (C=O) groups excluding carboxylic acids is 1. The molecule has 1 amide bonds. The Morgan fingerprint density at radius 3 is 2.84 bits per heavy atom. The van der Waals surface area contributed by atoms with Gasteiger partial charge >= 0.3 is 0 Å². The van der Waals surface area contributed by atoms with E-state index in [0.29, 0.717) is 18.9 Å². The number of para-hydroxylation sites is 2. The molecule has 1 atom stereocenters. The number of rotatable bonds is 5. The lowest BCUT2D eigenvalue weighted by atomic mass is 10.2. The average molecular weight is 339 g/mol. The number of likely N-dealkylation sites (N-methyl/N-ethyl adjacent to an activating group) is 1. The van der Waals surface area contributed by atoms with Crippen molar-refractivity contribution in [3.63, 3.8) is 0 Å². The van der Waals surface area contributed by atoms with Gasteiger partial charge in [-0.05, 0) is 35.9 Å². The summed E-state index contributed by atoms with van der Waals surface area (Å²) < 4.78 is 16.7. The fourth-order valence-electron chi connectivity index (χ4n) is 2.59. The zero-order chi connectivity index (χ0) is 17.6. The monoisotopic (exact) mass is 339 g/mol. The third-order valence-electron chi connectivity index (χ3n) is 3.93. The molecule has 0 bridgehead atoms. The molecule has 1 aliphatic heterocycles. The lowest BCUT2D eigenvalue weighted by molar-refractivity contribution is -0.126. The van der Waals surface area contributed by atoms with E-state index < -0.39 is 0 Å². The maximum atomic E-state index is 12.3. The second-order valence-corrected chi connectivity index (χ2v) is 5.83. The Morgan fingerprint density at radius 2 is 2.04 bits per heavy atom. The lowest BCUT2D eigenvalue weighted by Crippen LogP contribution is -2.41. The van der Waals surface area contributed by atoms with E-state index in [0.717, 1.165) is 17.1 Å². The highest BCUT2D eigenvalue weighted by molar-refractivity contribution is 5.91. The second kappa shape index (κ2) is 7.75. The zero-order valence-electron chi connectivity index (χ0n) is 14.3. The van der Waals surface area contributed by atoms with Crippen LogP contribution < -0.4 is 14.2 Å². The van der Waals surface area contributed by atoms with Crippen molar-refractivity contribution in [1.82, 2.24) is 4.90 Å². The van der Waals surface area contributed by atoms with Gasteiger partial charge in [0.2, 0.25) is 5.91 Å². The molecule has 1 aliphatic rings. The highest BCUT2D eigenvalue weighted by Crippen LogP contribution is 2.30. The number of fused-ring (bicyclic) bond motifs is 1. The fraction of sp³-hybridized carbons (Fsp3) is 0.250. The molecule has 0 N–H and O–H groups in total. The summed E-state index contributed by atoms with van der Waals surface area (Å²) in [6.45, 7) is 0.879. The SMILES string of the molecule is COc1cccc(/C=C/C(=O)N(C)CC2COc3ccccc3O2)c1. The van der Waals surface area contributed by atoms with Crippen LogP contribution in [0.2, 0.25) is 0 Å². The van der Waals surface area contributed by atoms with E-state index in [-0.39, 0.29) is 12.0 Å². The summed E-state index contributed by atoms with van der Waals surface area (Å²) in [5, 5.41) is 0. The standard InChI is InChI=1S/C20H21NO4/c1-21(13-17-14-24-18-8-3-4-9-19(18)25-17)20(22)11-10-15-6-5-7-16(12-15)23-2/h3-12,17H,13-14H2,1-2H3/b11-10+. The highest BCUT2D eigenvalue weighted by Gasteiger charge is 2.22. The summed E-state index contributed by atoms with van der Waals surface area (Å²) in [4.78, 5) is 13.9. The van der Waals surface area contributed by atoms with Crippen LogP contribution in [0.4, 0.5) is 0 Å². The van der Waals surface area contributed by atoms with Crippen molar-refractivity contribution in [1.29, 1.82) is 0 Å². The normalized spacial score (nSPS) is 15.8. The number of ether oxygens (including phenoxy) is 3. The van der Waals surface area contributed by atoms with E-state index in [1.807, 2.05) is 48.5 Å². The summed E-state index contributed by atoms with van der Waals surface area (Å²) >= 11 is 0. The molecule has 1 unspecified atom stereocenters. The van der Waals surface area contributed by atoms with Gasteiger partial charge in [0.1, 0.15) is 12.4 Å². The van der Waals surface area contributed by atoms with Crippen molar-refractivity contribution in [2.24, 2.45) is 0 Å². The molecule has 1 heterocycles. The third kappa shape index (κ3) is 4.32. The van der Waals surface area contributed by atoms with E-state index in [1.54, 1.807) is 31.2 Å². The smallest absolute Gasteiger partial charge is 0.246 e. The van der Waals surface area contributed by atoms with E-state index >= 15 is 0 Å². The molecule has 0 aliphatic carbocycles. The number of benzene rings is 2. The van der Waals surface area contributed by atoms with Crippen LogP contribution in [-0.2, 0) is 4.79 Å². The topological polar surface area (TPSA) is 48.0 Å². The molecule has 5 nitrogen and oxygen atoms in total. The summed E-state index contributed by atoms with van der Waals surface area (Å²) in [5.41, 5.74) is 0.910. The van der Waals surface area contributed by atoms with Crippen LogP contribution in [0, 0.1) is 0 Å². The van der Waals surface area contributed by atoms with E-state index in [1.165, 1.54) is 0 Å². The highest BCUT2D eigenvalue weighted by atomic mass is 16.6. The minimum Gasteiger partial charge on any atom is -0.497 e. The Balaban J connectivity index is 1.57. The van der Waals surface area contributed by atoms with Crippen molar-refractivity contribution in [3.8, 4) is 17.2 Å². The van der Waals surface area contributed by atoms with Crippen LogP contribution in [0.15, 0.2) is 54.6 Å². The molecule has 0 fully saturated rings. The largest absolute Gasteiger partial charge is 0.497 e. The Hall–Kier alpha value is -2.95. The molecule has 5 heteroatoms. The van der Waals surface area contributed by atoms with Crippen LogP contribution in [0.1, 0.15) is 5.56 Å². The molecule has 0 aromatic heterocycles. The second-order valence-electron chi connectivity index (χ2n) is 5.83. The summed E-state index contributed by atoms with van der Waals surface area (Å²) in [6, 6.07) is 15.1. The number of nitrogens with zero attached hydrogens (tertiary/aromatic N) is 1. The molecule has 25 heavy (non-hydrogen) atoms. The first-order chi connectivity index (χ1) is 12.2. The molecule has 3 rings (SSSR count). The van der Waals surface area contributed by atoms with Gasteiger partial charge in [-0.2, -0.15) is 0 Å². The maximum absolute atomic E-state index is 12.3. The minimum absolute atomic E-state index is 0.0923. The van der Waals surface area contributed by atoms with Gasteiger partial charge in [-0.1, -0.05) is 24.3 Å². The van der Waals surface area contributed by atoms with Crippen LogP contribution in [-0.4, -0.2) is 44.2 Å². The van der Waals surface area contributed by atoms with Crippen molar-refractivity contribution in [2.75, 3.05) is 27.3 Å². The molecular formula is C20H21NO4. The number of amides is 1. The lowest BCUT2D eigenvalue weighted by Gasteiger charge is -2.29. The number of hydrogen-bond acceptors (Lipinski definition) is 4. The summed E-state index contributed by atoms with van der Waals surface area (Å²) in [5.74, 6) is 2.12. The van der Waals surface area contributed by atoms with E-state index in [9.17, 15) is 4.79 Å². The number of methoxy groups -OCH3 is 1. The average Bonchev–Trinajstić information content (AvgIpc) is 2.66. The van der Waals surface area contributed by atoms with Crippen LogP contribution in [0.3, 0.4) is 0 Å². The molecule has 2 aromatic rings. The molecule has 0 spiro atoms. The van der Waals surface area contributed by atoms with Gasteiger partial charge in [0, 0.05) is 13.1 Å². The Bertz CT molecular complexity index is 772. The van der Waals surface area contributed by atoms with Crippen molar-refractivity contribution >= 4 is 12.0 Å². The van der Waals surface area contributed by atoms with Gasteiger partial charge in [-0.25, -0.2) is 0 Å². The minimum atomic E-state index is -0.186. The molecule has 0 saturated carbocycles. The molecule has 0 radical (unpaired) electrons. The van der Waals surface area contributed by atoms with Crippen molar-refractivity contribution in [2.45, 2.75) is 6.10 Å². The molecular weight excluding hydrogens is 318 g/mol. The van der Waals surface area contributed by atoms with Gasteiger partial charge in [0.05, 0.1) is 13.7 Å².